The maximum atomic E-state index is 13.2. The van der Waals surface area contributed by atoms with Crippen molar-refractivity contribution in [1.29, 1.82) is 0 Å². The van der Waals surface area contributed by atoms with Crippen molar-refractivity contribution in [3.8, 4) is 0 Å². The average Bonchev–Trinajstić information content (AvgIpc) is 3.04. The molecule has 4 nitrogen and oxygen atoms in total. The molecule has 0 saturated heterocycles. The smallest absolute Gasteiger partial charge is 0.255 e. The molecule has 1 spiro atoms. The summed E-state index contributed by atoms with van der Waals surface area (Å²) in [5, 5.41) is 7.93. The minimum absolute atomic E-state index is 0.00487. The van der Waals surface area contributed by atoms with Gasteiger partial charge in [-0.1, -0.05) is 36.4 Å². The van der Waals surface area contributed by atoms with Crippen LogP contribution in [-0.2, 0) is 16.8 Å². The normalized spacial score (nSPS) is 25.4. The predicted octanol–water partition coefficient (Wildman–Crippen LogP) is 3.29. The fraction of sp³-hybridized carbons (Fsp3) is 0.250. The van der Waals surface area contributed by atoms with Crippen molar-refractivity contribution in [3.05, 3.63) is 65.4 Å². The van der Waals surface area contributed by atoms with E-state index in [1.54, 1.807) is 0 Å². The molecule has 3 heterocycles. The lowest BCUT2D eigenvalue weighted by Crippen LogP contribution is -2.52. The second-order valence-electron chi connectivity index (χ2n) is 6.86. The van der Waals surface area contributed by atoms with Gasteiger partial charge in [0.15, 0.2) is 5.54 Å². The largest absolute Gasteiger partial charge is 0.356 e. The highest BCUT2D eigenvalue weighted by Crippen LogP contribution is 2.45. The molecule has 2 atom stereocenters. The van der Waals surface area contributed by atoms with Crippen LogP contribution in [0.4, 0.5) is 5.69 Å². The first-order chi connectivity index (χ1) is 11.7. The zero-order valence-corrected chi connectivity index (χ0v) is 13.5. The summed E-state index contributed by atoms with van der Waals surface area (Å²) in [4.78, 5) is 16.7. The molecule has 24 heavy (non-hydrogen) atoms. The topological polar surface area (TPSA) is 56.9 Å². The Labute approximate surface area is 140 Å². The van der Waals surface area contributed by atoms with Crippen molar-refractivity contribution < 1.29 is 4.79 Å². The van der Waals surface area contributed by atoms with Crippen molar-refractivity contribution in [3.63, 3.8) is 0 Å². The molecule has 5 rings (SSSR count). The number of rotatable bonds is 0. The maximum Gasteiger partial charge on any atom is 0.255 e. The van der Waals surface area contributed by atoms with Gasteiger partial charge >= 0.3 is 0 Å². The van der Waals surface area contributed by atoms with Gasteiger partial charge in [-0.3, -0.25) is 10.1 Å². The van der Waals surface area contributed by atoms with E-state index < -0.39 is 5.54 Å². The van der Waals surface area contributed by atoms with Gasteiger partial charge < -0.3 is 10.3 Å². The Morgan fingerprint density at radius 2 is 1.88 bits per heavy atom. The van der Waals surface area contributed by atoms with E-state index in [4.69, 9.17) is 0 Å². The molecule has 120 valence electrons. The van der Waals surface area contributed by atoms with E-state index in [1.165, 1.54) is 10.9 Å². The number of fused-ring (bicyclic) bond motifs is 6. The Hall–Kier alpha value is -2.59. The van der Waals surface area contributed by atoms with Crippen LogP contribution in [0.25, 0.3) is 10.9 Å². The minimum atomic E-state index is -0.832. The van der Waals surface area contributed by atoms with Crippen LogP contribution in [0.5, 0.6) is 0 Å². The van der Waals surface area contributed by atoms with Crippen LogP contribution in [-0.4, -0.2) is 16.9 Å². The van der Waals surface area contributed by atoms with Crippen LogP contribution >= 0.6 is 0 Å². The lowest BCUT2D eigenvalue weighted by Gasteiger charge is -2.30. The molecule has 3 aromatic rings. The van der Waals surface area contributed by atoms with Crippen molar-refractivity contribution >= 4 is 22.5 Å². The molecule has 3 N–H and O–H groups in total. The van der Waals surface area contributed by atoms with E-state index in [2.05, 4.69) is 40.7 Å². The Bertz CT molecular complexity index is 974. The van der Waals surface area contributed by atoms with Crippen LogP contribution in [0.1, 0.15) is 30.2 Å². The van der Waals surface area contributed by atoms with Crippen molar-refractivity contribution in [2.75, 3.05) is 5.32 Å². The lowest BCUT2D eigenvalue weighted by molar-refractivity contribution is -0.120. The van der Waals surface area contributed by atoms with Gasteiger partial charge in [0.25, 0.3) is 5.91 Å². The van der Waals surface area contributed by atoms with Crippen molar-refractivity contribution in [2.45, 2.75) is 31.3 Å². The minimum Gasteiger partial charge on any atom is -0.356 e. The molecule has 4 heteroatoms. The molecule has 0 bridgehead atoms. The molecule has 1 amide bonds. The summed E-state index contributed by atoms with van der Waals surface area (Å²) in [7, 11) is 0. The number of carbonyl (C=O) groups excluding carboxylic acids is 1. The molecule has 0 unspecified atom stereocenters. The molecular formula is C20H19N3O. The lowest BCUT2D eigenvalue weighted by atomic mass is 9.85. The second-order valence-corrected chi connectivity index (χ2v) is 6.86. The number of amides is 1. The first-order valence-corrected chi connectivity index (χ1v) is 8.49. The molecule has 0 radical (unpaired) electrons. The quantitative estimate of drug-likeness (QED) is 0.596. The van der Waals surface area contributed by atoms with Gasteiger partial charge in [-0.15, -0.1) is 0 Å². The Morgan fingerprint density at radius 3 is 2.79 bits per heavy atom. The molecule has 2 aliphatic heterocycles. The van der Waals surface area contributed by atoms with Gasteiger partial charge in [0.2, 0.25) is 0 Å². The van der Waals surface area contributed by atoms with Crippen LogP contribution in [0.2, 0.25) is 0 Å². The number of aryl methyl sites for hydroxylation is 1. The van der Waals surface area contributed by atoms with Gasteiger partial charge in [-0.2, -0.15) is 0 Å². The van der Waals surface area contributed by atoms with Crippen LogP contribution in [0.3, 0.4) is 0 Å². The van der Waals surface area contributed by atoms with E-state index in [9.17, 15) is 4.79 Å². The van der Waals surface area contributed by atoms with Crippen LogP contribution < -0.4 is 10.6 Å². The summed E-state index contributed by atoms with van der Waals surface area (Å²) in [6.45, 7) is 2.16. The van der Waals surface area contributed by atoms with Gasteiger partial charge in [0.05, 0.1) is 5.69 Å². The average molecular weight is 317 g/mol. The molecule has 2 aliphatic rings. The first-order valence-electron chi connectivity index (χ1n) is 8.49. The zero-order valence-electron chi connectivity index (χ0n) is 13.5. The van der Waals surface area contributed by atoms with E-state index in [0.29, 0.717) is 0 Å². The van der Waals surface area contributed by atoms with Gasteiger partial charge in [0.1, 0.15) is 0 Å². The third kappa shape index (κ3) is 1.64. The number of anilines is 1. The van der Waals surface area contributed by atoms with Crippen LogP contribution in [0, 0.1) is 0 Å². The number of carbonyl (C=O) groups is 1. The summed E-state index contributed by atoms with van der Waals surface area (Å²) in [6, 6.07) is 16.6. The first kappa shape index (κ1) is 13.8. The van der Waals surface area contributed by atoms with Crippen molar-refractivity contribution in [2.24, 2.45) is 0 Å². The molecular weight excluding hydrogens is 298 g/mol. The third-order valence-electron chi connectivity index (χ3n) is 5.40. The highest BCUT2D eigenvalue weighted by molar-refractivity contribution is 6.09. The fourth-order valence-corrected chi connectivity index (χ4v) is 4.30. The number of aromatic nitrogens is 1. The molecule has 0 saturated carbocycles. The summed E-state index contributed by atoms with van der Waals surface area (Å²) in [5.41, 5.74) is 4.42. The van der Waals surface area contributed by atoms with Crippen LogP contribution in [0.15, 0.2) is 48.5 Å². The van der Waals surface area contributed by atoms with E-state index in [-0.39, 0.29) is 11.9 Å². The SMILES string of the molecule is C[C@H]1CCc2c([nH]c3ccccc23)[C@@]2(N1)C(=O)Nc1ccccc12. The van der Waals surface area contributed by atoms with E-state index in [0.717, 1.165) is 35.3 Å². The number of H-pyrrole nitrogens is 1. The Balaban J connectivity index is 1.88. The summed E-state index contributed by atoms with van der Waals surface area (Å²) in [6.07, 6.45) is 1.97. The number of benzene rings is 2. The third-order valence-corrected chi connectivity index (χ3v) is 5.40. The summed E-state index contributed by atoms with van der Waals surface area (Å²) < 4.78 is 0. The van der Waals surface area contributed by atoms with E-state index >= 15 is 0 Å². The Morgan fingerprint density at radius 1 is 1.08 bits per heavy atom. The summed E-state index contributed by atoms with van der Waals surface area (Å²) >= 11 is 0. The second kappa shape index (κ2) is 4.71. The monoisotopic (exact) mass is 317 g/mol. The number of nitrogens with one attached hydrogen (secondary N) is 3. The number of hydrogen-bond acceptors (Lipinski definition) is 2. The maximum absolute atomic E-state index is 13.2. The molecule has 1 aromatic heterocycles. The van der Waals surface area contributed by atoms with Gasteiger partial charge in [-0.25, -0.2) is 0 Å². The van der Waals surface area contributed by atoms with Crippen molar-refractivity contribution in [1.82, 2.24) is 10.3 Å². The standard InChI is InChI=1S/C20H19N3O/c1-12-10-11-14-13-6-2-4-8-16(13)21-18(14)20(23-12)15-7-3-5-9-17(15)22-19(20)24/h2-9,12,21,23H,10-11H2,1H3,(H,22,24)/t12-,20+/m0/s1. The highest BCUT2D eigenvalue weighted by atomic mass is 16.2. The molecule has 0 fully saturated rings. The molecule has 0 aliphatic carbocycles. The fourth-order valence-electron chi connectivity index (χ4n) is 4.30. The highest BCUT2D eigenvalue weighted by Gasteiger charge is 2.52. The Kier molecular flexibility index (Phi) is 2.71. The zero-order chi connectivity index (χ0) is 16.3. The summed E-state index contributed by atoms with van der Waals surface area (Å²) in [5.74, 6) is 0.00487. The predicted molar refractivity (Wildman–Crippen MR) is 95.1 cm³/mol. The number of aromatic amines is 1. The molecule has 2 aromatic carbocycles. The van der Waals surface area contributed by atoms with Gasteiger partial charge in [-0.05, 0) is 37.5 Å². The number of para-hydroxylation sites is 2. The van der Waals surface area contributed by atoms with Gasteiger partial charge in [0, 0.05) is 28.2 Å². The van der Waals surface area contributed by atoms with E-state index in [1.807, 2.05) is 30.3 Å². The number of hydrogen-bond donors (Lipinski definition) is 3.